The van der Waals surface area contributed by atoms with Gasteiger partial charge < -0.3 is 14.5 Å². The van der Waals surface area contributed by atoms with Crippen molar-refractivity contribution in [2.24, 2.45) is 0 Å². The zero-order valence-corrected chi connectivity index (χ0v) is 19.5. The van der Waals surface area contributed by atoms with Gasteiger partial charge in [-0.2, -0.15) is 0 Å². The number of hydrogen-bond acceptors (Lipinski definition) is 5. The van der Waals surface area contributed by atoms with E-state index in [0.29, 0.717) is 44.6 Å². The normalized spacial score (nSPS) is 22.3. The van der Waals surface area contributed by atoms with E-state index in [9.17, 15) is 19.2 Å². The molecule has 1 unspecified atom stereocenters. The zero-order chi connectivity index (χ0) is 23.8. The van der Waals surface area contributed by atoms with Gasteiger partial charge in [-0.25, -0.2) is 14.5 Å². The minimum absolute atomic E-state index is 0.0569. The van der Waals surface area contributed by atoms with Crippen LogP contribution in [0.1, 0.15) is 46.5 Å². The molecule has 3 fully saturated rings. The van der Waals surface area contributed by atoms with Crippen molar-refractivity contribution >= 4 is 29.6 Å². The Balaban J connectivity index is 1.35. The molecule has 0 saturated carbocycles. The van der Waals surface area contributed by atoms with Gasteiger partial charge in [-0.15, -0.1) is 0 Å². The lowest BCUT2D eigenvalue weighted by Crippen LogP contribution is -2.53. The SMILES string of the molecule is CC(C)(C)OC(=O)N1CCCC1C(=O)N1CCC(N2CC(=O)N(c3ccccc3)C2=O)CC1. The third kappa shape index (κ3) is 4.82. The fourth-order valence-electron chi connectivity index (χ4n) is 4.81. The van der Waals surface area contributed by atoms with Crippen molar-refractivity contribution in [1.82, 2.24) is 14.7 Å². The van der Waals surface area contributed by atoms with E-state index in [0.717, 1.165) is 6.42 Å². The molecule has 0 spiro atoms. The van der Waals surface area contributed by atoms with Crippen LogP contribution in [0.15, 0.2) is 30.3 Å². The molecule has 0 aromatic heterocycles. The van der Waals surface area contributed by atoms with Crippen LogP contribution in [-0.4, -0.2) is 82.5 Å². The smallest absolute Gasteiger partial charge is 0.410 e. The van der Waals surface area contributed by atoms with Gasteiger partial charge in [0.2, 0.25) is 5.91 Å². The number of piperidine rings is 1. The largest absolute Gasteiger partial charge is 0.444 e. The summed E-state index contributed by atoms with van der Waals surface area (Å²) in [5, 5.41) is 0. The number of urea groups is 1. The molecule has 0 bridgehead atoms. The summed E-state index contributed by atoms with van der Waals surface area (Å²) >= 11 is 0. The van der Waals surface area contributed by atoms with Gasteiger partial charge in [0.25, 0.3) is 5.91 Å². The molecule has 3 heterocycles. The summed E-state index contributed by atoms with van der Waals surface area (Å²) in [6.45, 7) is 6.99. The molecule has 4 rings (SSSR count). The molecule has 0 N–H and O–H groups in total. The maximum Gasteiger partial charge on any atom is 0.410 e. The zero-order valence-electron chi connectivity index (χ0n) is 19.5. The second-order valence-corrected chi connectivity index (χ2v) is 9.86. The van der Waals surface area contributed by atoms with Gasteiger partial charge in [0.15, 0.2) is 0 Å². The Bertz CT molecular complexity index is 921. The van der Waals surface area contributed by atoms with Crippen molar-refractivity contribution in [1.29, 1.82) is 0 Å². The summed E-state index contributed by atoms with van der Waals surface area (Å²) in [6, 6.07) is 8.04. The number of para-hydroxylation sites is 1. The monoisotopic (exact) mass is 456 g/mol. The Morgan fingerprint density at radius 2 is 1.64 bits per heavy atom. The summed E-state index contributed by atoms with van der Waals surface area (Å²) in [5.74, 6) is -0.296. The molecule has 3 saturated heterocycles. The lowest BCUT2D eigenvalue weighted by atomic mass is 10.0. The number of hydrogen-bond donors (Lipinski definition) is 0. The van der Waals surface area contributed by atoms with Crippen LogP contribution in [0.25, 0.3) is 0 Å². The lowest BCUT2D eigenvalue weighted by Gasteiger charge is -2.38. The average Bonchev–Trinajstić information content (AvgIpc) is 3.37. The third-order valence-corrected chi connectivity index (χ3v) is 6.39. The number of likely N-dealkylation sites (tertiary alicyclic amines) is 2. The number of benzene rings is 1. The van der Waals surface area contributed by atoms with Crippen molar-refractivity contribution in [3.8, 4) is 0 Å². The highest BCUT2D eigenvalue weighted by molar-refractivity contribution is 6.19. The molecular formula is C24H32N4O5. The van der Waals surface area contributed by atoms with Crippen molar-refractivity contribution in [2.45, 2.75) is 64.1 Å². The number of carbonyl (C=O) groups excluding carboxylic acids is 4. The molecule has 178 valence electrons. The molecule has 9 heteroatoms. The van der Waals surface area contributed by atoms with E-state index in [4.69, 9.17) is 4.74 Å². The highest BCUT2D eigenvalue weighted by Gasteiger charge is 2.43. The van der Waals surface area contributed by atoms with Gasteiger partial charge in [-0.05, 0) is 58.6 Å². The first-order valence-corrected chi connectivity index (χ1v) is 11.6. The molecule has 3 aliphatic heterocycles. The molecule has 0 radical (unpaired) electrons. The van der Waals surface area contributed by atoms with E-state index in [2.05, 4.69) is 0 Å². The molecular weight excluding hydrogens is 424 g/mol. The predicted octanol–water partition coefficient (Wildman–Crippen LogP) is 2.85. The topological polar surface area (TPSA) is 90.5 Å². The van der Waals surface area contributed by atoms with Crippen LogP contribution in [-0.2, 0) is 14.3 Å². The standard InChI is InChI=1S/C24H32N4O5/c1-24(2,3)33-23(32)26-13-7-10-19(26)21(30)25-14-11-17(12-15-25)27-16-20(29)28(22(27)31)18-8-5-4-6-9-18/h4-6,8-9,17,19H,7,10-16H2,1-3H3. The molecule has 0 aliphatic carbocycles. The van der Waals surface area contributed by atoms with Crippen molar-refractivity contribution < 1.29 is 23.9 Å². The minimum Gasteiger partial charge on any atom is -0.444 e. The van der Waals surface area contributed by atoms with E-state index in [-0.39, 0.29) is 30.4 Å². The molecule has 9 nitrogen and oxygen atoms in total. The number of anilines is 1. The molecule has 33 heavy (non-hydrogen) atoms. The maximum atomic E-state index is 13.2. The van der Waals surface area contributed by atoms with Crippen LogP contribution in [0.2, 0.25) is 0 Å². The van der Waals surface area contributed by atoms with Gasteiger partial charge in [0, 0.05) is 25.7 Å². The molecule has 5 amide bonds. The van der Waals surface area contributed by atoms with Gasteiger partial charge in [-0.1, -0.05) is 18.2 Å². The molecule has 1 aromatic rings. The summed E-state index contributed by atoms with van der Waals surface area (Å²) in [5.41, 5.74) is -0.0371. The van der Waals surface area contributed by atoms with E-state index < -0.39 is 17.7 Å². The Hall–Kier alpha value is -3.10. The second-order valence-electron chi connectivity index (χ2n) is 9.86. The first kappa shape index (κ1) is 23.1. The van der Waals surface area contributed by atoms with E-state index in [1.165, 1.54) is 4.90 Å². The van der Waals surface area contributed by atoms with Crippen LogP contribution in [0, 0.1) is 0 Å². The van der Waals surface area contributed by atoms with Gasteiger partial charge >= 0.3 is 12.1 Å². The molecule has 1 atom stereocenters. The van der Waals surface area contributed by atoms with E-state index >= 15 is 0 Å². The predicted molar refractivity (Wildman–Crippen MR) is 122 cm³/mol. The molecule has 1 aromatic carbocycles. The first-order chi connectivity index (χ1) is 15.7. The number of nitrogens with zero attached hydrogens (tertiary/aromatic N) is 4. The minimum atomic E-state index is -0.612. The fourth-order valence-corrected chi connectivity index (χ4v) is 4.81. The average molecular weight is 457 g/mol. The van der Waals surface area contributed by atoms with Crippen molar-refractivity contribution in [3.63, 3.8) is 0 Å². The Kier molecular flexibility index (Phi) is 6.32. The molecule has 3 aliphatic rings. The number of carbonyl (C=O) groups is 4. The Morgan fingerprint density at radius 3 is 2.27 bits per heavy atom. The number of rotatable bonds is 3. The summed E-state index contributed by atoms with van der Waals surface area (Å²) in [6.07, 6.45) is 2.16. The van der Waals surface area contributed by atoms with Crippen LogP contribution in [0.5, 0.6) is 0 Å². The first-order valence-electron chi connectivity index (χ1n) is 11.6. The van der Waals surface area contributed by atoms with Crippen LogP contribution < -0.4 is 4.90 Å². The fraction of sp³-hybridized carbons (Fsp3) is 0.583. The van der Waals surface area contributed by atoms with Gasteiger partial charge in [0.1, 0.15) is 18.2 Å². The van der Waals surface area contributed by atoms with Gasteiger partial charge in [-0.3, -0.25) is 14.5 Å². The summed E-state index contributed by atoms with van der Waals surface area (Å²) < 4.78 is 5.48. The van der Waals surface area contributed by atoms with Crippen LogP contribution >= 0.6 is 0 Å². The highest BCUT2D eigenvalue weighted by atomic mass is 16.6. The van der Waals surface area contributed by atoms with Gasteiger partial charge in [0.05, 0.1) is 5.69 Å². The summed E-state index contributed by atoms with van der Waals surface area (Å²) in [7, 11) is 0. The Morgan fingerprint density at radius 1 is 0.970 bits per heavy atom. The van der Waals surface area contributed by atoms with Crippen LogP contribution in [0.4, 0.5) is 15.3 Å². The Labute approximate surface area is 194 Å². The van der Waals surface area contributed by atoms with Crippen LogP contribution in [0.3, 0.4) is 0 Å². The highest BCUT2D eigenvalue weighted by Crippen LogP contribution is 2.28. The number of imide groups is 1. The quantitative estimate of drug-likeness (QED) is 0.653. The number of amides is 5. The van der Waals surface area contributed by atoms with Crippen molar-refractivity contribution in [2.75, 3.05) is 31.1 Å². The second kappa shape index (κ2) is 9.03. The van der Waals surface area contributed by atoms with Crippen molar-refractivity contribution in [3.05, 3.63) is 30.3 Å². The third-order valence-electron chi connectivity index (χ3n) is 6.39. The summed E-state index contributed by atoms with van der Waals surface area (Å²) in [4.78, 5) is 57.4. The lowest BCUT2D eigenvalue weighted by molar-refractivity contribution is -0.137. The van der Waals surface area contributed by atoms with E-state index in [1.807, 2.05) is 26.8 Å². The number of ether oxygens (including phenoxy) is 1. The van der Waals surface area contributed by atoms with E-state index in [1.54, 1.807) is 39.0 Å². The maximum absolute atomic E-state index is 13.2.